The van der Waals surface area contributed by atoms with Crippen LogP contribution in [0.3, 0.4) is 0 Å². The van der Waals surface area contributed by atoms with Crippen molar-refractivity contribution in [3.8, 4) is 0 Å². The van der Waals surface area contributed by atoms with E-state index in [0.717, 1.165) is 38.9 Å². The van der Waals surface area contributed by atoms with E-state index in [1.807, 2.05) is 11.8 Å². The maximum atomic E-state index is 11.4. The average Bonchev–Trinajstić information content (AvgIpc) is 3.18. The largest absolute Gasteiger partial charge is 0.355 e. The van der Waals surface area contributed by atoms with Crippen molar-refractivity contribution in [2.75, 3.05) is 19.6 Å². The molecule has 1 atom stereocenters. The van der Waals surface area contributed by atoms with Crippen molar-refractivity contribution in [3.05, 3.63) is 29.8 Å². The molecule has 1 aromatic carbocycles. The first kappa shape index (κ1) is 13.0. The maximum absolute atomic E-state index is 11.4. The minimum absolute atomic E-state index is 0.240. The summed E-state index contributed by atoms with van der Waals surface area (Å²) in [6.45, 7) is 2.63. The number of carbonyl (C=O) groups is 1. The fourth-order valence-electron chi connectivity index (χ4n) is 2.39. The molecule has 1 unspecified atom stereocenters. The molecule has 1 aromatic rings. The second-order valence-corrected chi connectivity index (χ2v) is 6.66. The Balaban J connectivity index is 1.30. The lowest BCUT2D eigenvalue weighted by Gasteiger charge is -2.10. The van der Waals surface area contributed by atoms with E-state index in [-0.39, 0.29) is 5.91 Å². The third-order valence-electron chi connectivity index (χ3n) is 3.63. The Hall–Kier alpha value is -1.00. The van der Waals surface area contributed by atoms with Crippen molar-refractivity contribution in [2.24, 2.45) is 5.92 Å². The van der Waals surface area contributed by atoms with Crippen molar-refractivity contribution in [2.45, 2.75) is 29.4 Å². The van der Waals surface area contributed by atoms with Crippen molar-refractivity contribution in [3.63, 3.8) is 0 Å². The first-order chi connectivity index (χ1) is 9.33. The second-order valence-electron chi connectivity index (χ2n) is 5.32. The van der Waals surface area contributed by atoms with Crippen LogP contribution in [0.4, 0.5) is 0 Å². The maximum Gasteiger partial charge on any atom is 0.223 e. The fraction of sp³-hybridized carbons (Fsp3) is 0.533. The molecule has 102 valence electrons. The van der Waals surface area contributed by atoms with Gasteiger partial charge in [-0.2, -0.15) is 0 Å². The van der Waals surface area contributed by atoms with Gasteiger partial charge < -0.3 is 10.6 Å². The quantitative estimate of drug-likeness (QED) is 0.779. The first-order valence-electron chi connectivity index (χ1n) is 7.06. The molecule has 0 saturated heterocycles. The Morgan fingerprint density at radius 1 is 1.26 bits per heavy atom. The predicted molar refractivity (Wildman–Crippen MR) is 78.4 cm³/mol. The smallest absolute Gasteiger partial charge is 0.223 e. The van der Waals surface area contributed by atoms with Crippen LogP contribution in [0, 0.1) is 5.92 Å². The van der Waals surface area contributed by atoms with Crippen LogP contribution in [0.2, 0.25) is 0 Å². The summed E-state index contributed by atoms with van der Waals surface area (Å²) in [4.78, 5) is 12.9. The zero-order chi connectivity index (χ0) is 13.1. The van der Waals surface area contributed by atoms with Gasteiger partial charge in [-0.25, -0.2) is 0 Å². The summed E-state index contributed by atoms with van der Waals surface area (Å²) in [5.41, 5.74) is 1.47. The van der Waals surface area contributed by atoms with Gasteiger partial charge in [-0.3, -0.25) is 4.79 Å². The molecule has 0 spiro atoms. The van der Waals surface area contributed by atoms with Gasteiger partial charge in [0.05, 0.1) is 0 Å². The van der Waals surface area contributed by atoms with E-state index in [9.17, 15) is 4.79 Å². The molecular formula is C15H20N2OS. The lowest BCUT2D eigenvalue weighted by molar-refractivity contribution is -0.122. The van der Waals surface area contributed by atoms with E-state index in [1.54, 1.807) is 0 Å². The van der Waals surface area contributed by atoms with Crippen molar-refractivity contribution in [1.82, 2.24) is 10.6 Å². The van der Waals surface area contributed by atoms with Gasteiger partial charge in [0.1, 0.15) is 0 Å². The zero-order valence-corrected chi connectivity index (χ0v) is 11.8. The van der Waals surface area contributed by atoms with Gasteiger partial charge in [0.25, 0.3) is 0 Å². The van der Waals surface area contributed by atoms with Gasteiger partial charge in [-0.05, 0) is 30.9 Å². The fourth-order valence-corrected chi connectivity index (χ4v) is 3.68. The van der Waals surface area contributed by atoms with Crippen LogP contribution in [0.25, 0.3) is 0 Å². The normalized spacial score (nSPS) is 21.2. The molecular weight excluding hydrogens is 256 g/mol. The topological polar surface area (TPSA) is 41.1 Å². The summed E-state index contributed by atoms with van der Waals surface area (Å²) in [7, 11) is 0. The summed E-state index contributed by atoms with van der Waals surface area (Å²) < 4.78 is 0. The number of hydrogen-bond acceptors (Lipinski definition) is 3. The Bertz CT molecular complexity index is 434. The molecule has 1 heterocycles. The third kappa shape index (κ3) is 3.51. The van der Waals surface area contributed by atoms with Gasteiger partial charge in [0, 0.05) is 35.7 Å². The third-order valence-corrected chi connectivity index (χ3v) is 4.95. The summed E-state index contributed by atoms with van der Waals surface area (Å²) in [6, 6.07) is 8.64. The summed E-state index contributed by atoms with van der Waals surface area (Å²) >= 11 is 1.97. The number of thioether (sulfide) groups is 1. The van der Waals surface area contributed by atoms with Crippen molar-refractivity contribution in [1.29, 1.82) is 0 Å². The van der Waals surface area contributed by atoms with Gasteiger partial charge in [-0.15, -0.1) is 11.8 Å². The monoisotopic (exact) mass is 276 g/mol. The predicted octanol–water partition coefficient (Wildman–Crippen LogP) is 1.82. The lowest BCUT2D eigenvalue weighted by atomic mass is 10.1. The average molecular weight is 276 g/mol. The zero-order valence-electron chi connectivity index (χ0n) is 11.0. The molecule has 1 fully saturated rings. The standard InChI is InChI=1S/C15H20N2OS/c18-15(11-5-6-11)17-8-7-16-10-13-9-12-3-1-2-4-14(12)19-13/h1-4,11,13,16H,5-10H2,(H,17,18). The number of benzene rings is 1. The van der Waals surface area contributed by atoms with Crippen molar-refractivity contribution < 1.29 is 4.79 Å². The number of fused-ring (bicyclic) bond motifs is 1. The number of hydrogen-bond donors (Lipinski definition) is 2. The van der Waals surface area contributed by atoms with Gasteiger partial charge in [0.15, 0.2) is 0 Å². The van der Waals surface area contributed by atoms with Crippen LogP contribution in [0.5, 0.6) is 0 Å². The minimum atomic E-state index is 0.240. The van der Waals surface area contributed by atoms with Crippen LogP contribution in [0.1, 0.15) is 18.4 Å². The highest BCUT2D eigenvalue weighted by Crippen LogP contribution is 2.36. The lowest BCUT2D eigenvalue weighted by Crippen LogP contribution is -2.35. The van der Waals surface area contributed by atoms with Gasteiger partial charge in [0.2, 0.25) is 5.91 Å². The van der Waals surface area contributed by atoms with Crippen LogP contribution >= 0.6 is 11.8 Å². The molecule has 2 N–H and O–H groups in total. The van der Waals surface area contributed by atoms with Gasteiger partial charge >= 0.3 is 0 Å². The van der Waals surface area contributed by atoms with Crippen LogP contribution < -0.4 is 10.6 Å². The van der Waals surface area contributed by atoms with E-state index in [1.165, 1.54) is 10.5 Å². The molecule has 0 aromatic heterocycles. The molecule has 0 radical (unpaired) electrons. The minimum Gasteiger partial charge on any atom is -0.355 e. The molecule has 19 heavy (non-hydrogen) atoms. The molecule has 4 heteroatoms. The highest BCUT2D eigenvalue weighted by atomic mass is 32.2. The van der Waals surface area contributed by atoms with E-state index >= 15 is 0 Å². The molecule has 3 rings (SSSR count). The summed E-state index contributed by atoms with van der Waals surface area (Å²) in [5.74, 6) is 0.560. The van der Waals surface area contributed by atoms with E-state index < -0.39 is 0 Å². The van der Waals surface area contributed by atoms with Crippen LogP contribution in [-0.2, 0) is 11.2 Å². The molecule has 2 aliphatic rings. The first-order valence-corrected chi connectivity index (χ1v) is 7.94. The van der Waals surface area contributed by atoms with Gasteiger partial charge in [-0.1, -0.05) is 18.2 Å². The number of rotatable bonds is 6. The van der Waals surface area contributed by atoms with E-state index in [4.69, 9.17) is 0 Å². The Kier molecular flexibility index (Phi) is 4.09. The highest BCUT2D eigenvalue weighted by Gasteiger charge is 2.29. The molecule has 3 nitrogen and oxygen atoms in total. The van der Waals surface area contributed by atoms with E-state index in [2.05, 4.69) is 34.9 Å². The van der Waals surface area contributed by atoms with Crippen LogP contribution in [-0.4, -0.2) is 30.8 Å². The molecule has 1 aliphatic carbocycles. The van der Waals surface area contributed by atoms with Crippen molar-refractivity contribution >= 4 is 17.7 Å². The molecule has 1 saturated carbocycles. The number of nitrogens with one attached hydrogen (secondary N) is 2. The SMILES string of the molecule is O=C(NCCNCC1Cc2ccccc2S1)C1CC1. The number of carbonyl (C=O) groups excluding carboxylic acids is 1. The second kappa shape index (κ2) is 5.97. The van der Waals surface area contributed by atoms with E-state index in [0.29, 0.717) is 11.2 Å². The summed E-state index contributed by atoms with van der Waals surface area (Å²) in [6.07, 6.45) is 3.31. The molecule has 1 aliphatic heterocycles. The number of amides is 1. The Morgan fingerprint density at radius 2 is 2.11 bits per heavy atom. The Morgan fingerprint density at radius 3 is 2.89 bits per heavy atom. The highest BCUT2D eigenvalue weighted by molar-refractivity contribution is 8.00. The van der Waals surface area contributed by atoms with Crippen LogP contribution in [0.15, 0.2) is 29.2 Å². The Labute approximate surface area is 118 Å². The summed E-state index contributed by atoms with van der Waals surface area (Å²) in [5, 5.41) is 7.06. The molecule has 1 amide bonds. The molecule has 0 bridgehead atoms.